The van der Waals surface area contributed by atoms with Gasteiger partial charge in [0.2, 0.25) is 0 Å². The minimum Gasteiger partial charge on any atom is -0.373 e. The largest absolute Gasteiger partial charge is 0.373 e. The Morgan fingerprint density at radius 1 is 1.26 bits per heavy atom. The van der Waals surface area contributed by atoms with Crippen molar-refractivity contribution >= 4 is 17.2 Å². The fourth-order valence-corrected chi connectivity index (χ4v) is 2.80. The van der Waals surface area contributed by atoms with Crippen LogP contribution < -0.4 is 5.32 Å². The Hall–Kier alpha value is -3.48. The molecule has 27 heavy (non-hydrogen) atoms. The number of ketones is 1. The van der Waals surface area contributed by atoms with E-state index in [0.717, 1.165) is 11.1 Å². The molecule has 0 spiro atoms. The van der Waals surface area contributed by atoms with E-state index in [2.05, 4.69) is 10.4 Å². The van der Waals surface area contributed by atoms with E-state index in [1.807, 2.05) is 48.1 Å². The van der Waals surface area contributed by atoms with Gasteiger partial charge < -0.3 is 5.32 Å². The number of anilines is 1. The van der Waals surface area contributed by atoms with Gasteiger partial charge in [-0.2, -0.15) is 5.10 Å². The maximum Gasteiger partial charge on any atom is 0.293 e. The van der Waals surface area contributed by atoms with Crippen LogP contribution in [-0.4, -0.2) is 20.5 Å². The lowest BCUT2D eigenvalue weighted by Crippen LogP contribution is -2.08. The number of nitro benzene ring substituents is 1. The Morgan fingerprint density at radius 3 is 2.67 bits per heavy atom. The van der Waals surface area contributed by atoms with Crippen LogP contribution in [0.3, 0.4) is 0 Å². The number of nitrogens with zero attached hydrogens (tertiary/aromatic N) is 3. The molecule has 0 fully saturated rings. The summed E-state index contributed by atoms with van der Waals surface area (Å²) in [5.41, 5.74) is 2.62. The summed E-state index contributed by atoms with van der Waals surface area (Å²) in [7, 11) is 0. The van der Waals surface area contributed by atoms with Crippen molar-refractivity contribution < 1.29 is 9.72 Å². The number of nitrogens with one attached hydrogen (secondary N) is 1. The van der Waals surface area contributed by atoms with Gasteiger partial charge in [0.05, 0.1) is 23.7 Å². The van der Waals surface area contributed by atoms with Crippen molar-refractivity contribution in [2.24, 2.45) is 0 Å². The molecule has 7 heteroatoms. The highest BCUT2D eigenvalue weighted by atomic mass is 16.6. The van der Waals surface area contributed by atoms with E-state index in [0.29, 0.717) is 17.8 Å². The molecule has 0 aliphatic carbocycles. The smallest absolute Gasteiger partial charge is 0.293 e. The first-order valence-corrected chi connectivity index (χ1v) is 8.56. The second-order valence-corrected chi connectivity index (χ2v) is 6.37. The molecule has 0 amide bonds. The topological polar surface area (TPSA) is 90.1 Å². The quantitative estimate of drug-likeness (QED) is 0.385. The third kappa shape index (κ3) is 4.38. The van der Waals surface area contributed by atoms with Crippen molar-refractivity contribution in [1.29, 1.82) is 0 Å². The number of hydrogen-bond donors (Lipinski definition) is 1. The van der Waals surface area contributed by atoms with Crippen LogP contribution in [0.25, 0.3) is 0 Å². The van der Waals surface area contributed by atoms with E-state index in [1.165, 1.54) is 13.0 Å². The molecule has 1 atom stereocenters. The van der Waals surface area contributed by atoms with Crippen LogP contribution in [-0.2, 0) is 6.54 Å². The van der Waals surface area contributed by atoms with Crippen molar-refractivity contribution in [3.63, 3.8) is 0 Å². The van der Waals surface area contributed by atoms with Gasteiger partial charge >= 0.3 is 0 Å². The summed E-state index contributed by atoms with van der Waals surface area (Å²) in [5, 5.41) is 18.9. The summed E-state index contributed by atoms with van der Waals surface area (Å²) in [6.07, 6.45) is 3.66. The van der Waals surface area contributed by atoms with Gasteiger partial charge in [-0.05, 0) is 31.5 Å². The van der Waals surface area contributed by atoms with Crippen LogP contribution in [0.4, 0.5) is 11.4 Å². The number of aromatic nitrogens is 2. The van der Waals surface area contributed by atoms with Crippen LogP contribution in [0.15, 0.2) is 60.9 Å². The van der Waals surface area contributed by atoms with E-state index < -0.39 is 4.92 Å². The monoisotopic (exact) mass is 364 g/mol. The molecule has 2 aromatic carbocycles. The van der Waals surface area contributed by atoms with Crippen LogP contribution >= 0.6 is 0 Å². The van der Waals surface area contributed by atoms with Gasteiger partial charge in [0.1, 0.15) is 5.69 Å². The number of carbonyl (C=O) groups is 1. The van der Waals surface area contributed by atoms with E-state index in [-0.39, 0.29) is 17.5 Å². The third-order valence-corrected chi connectivity index (χ3v) is 4.31. The summed E-state index contributed by atoms with van der Waals surface area (Å²) in [5.74, 6) is -0.208. The number of Topliss-reactive ketones (excluding diaryl/α,β-unsaturated/α-hetero) is 1. The van der Waals surface area contributed by atoms with Crippen molar-refractivity contribution in [1.82, 2.24) is 9.78 Å². The number of rotatable bonds is 7. The predicted molar refractivity (Wildman–Crippen MR) is 103 cm³/mol. The van der Waals surface area contributed by atoms with Crippen molar-refractivity contribution in [3.05, 3.63) is 87.7 Å². The van der Waals surface area contributed by atoms with Gasteiger partial charge in [-0.15, -0.1) is 0 Å². The molecule has 7 nitrogen and oxygen atoms in total. The van der Waals surface area contributed by atoms with Crippen LogP contribution in [0.5, 0.6) is 0 Å². The Morgan fingerprint density at radius 2 is 2.00 bits per heavy atom. The fraction of sp³-hybridized carbons (Fsp3) is 0.200. The standard InChI is InChI=1S/C20H20N4O3/c1-14(18-11-21-23(13-18)12-16-6-4-3-5-7-16)22-19-9-8-17(15(2)25)10-20(19)24(26)27/h3-11,13-14,22H,12H2,1-2H3. The Labute approximate surface area is 156 Å². The molecular weight excluding hydrogens is 344 g/mol. The molecule has 0 aliphatic rings. The first kappa shape index (κ1) is 18.3. The minimum absolute atomic E-state index is 0.119. The normalized spacial score (nSPS) is 11.8. The van der Waals surface area contributed by atoms with Crippen LogP contribution in [0.1, 0.15) is 41.4 Å². The molecule has 3 rings (SSSR count). The van der Waals surface area contributed by atoms with Crippen LogP contribution in [0.2, 0.25) is 0 Å². The maximum atomic E-state index is 11.5. The maximum absolute atomic E-state index is 11.5. The Bertz CT molecular complexity index is 966. The lowest BCUT2D eigenvalue weighted by atomic mass is 10.1. The fourth-order valence-electron chi connectivity index (χ4n) is 2.80. The molecule has 1 aromatic heterocycles. The molecule has 138 valence electrons. The van der Waals surface area contributed by atoms with Gasteiger partial charge in [0.25, 0.3) is 5.69 Å². The highest BCUT2D eigenvalue weighted by Crippen LogP contribution is 2.29. The molecular formula is C20H20N4O3. The first-order chi connectivity index (χ1) is 12.9. The van der Waals surface area contributed by atoms with Crippen molar-refractivity contribution in [2.45, 2.75) is 26.4 Å². The third-order valence-electron chi connectivity index (χ3n) is 4.31. The lowest BCUT2D eigenvalue weighted by Gasteiger charge is -2.14. The zero-order valence-electron chi connectivity index (χ0n) is 15.1. The zero-order valence-corrected chi connectivity index (χ0v) is 15.1. The highest BCUT2D eigenvalue weighted by Gasteiger charge is 2.18. The van der Waals surface area contributed by atoms with Gasteiger partial charge in [0.15, 0.2) is 5.78 Å². The zero-order chi connectivity index (χ0) is 19.4. The predicted octanol–water partition coefficient (Wildman–Crippen LogP) is 4.22. The molecule has 1 N–H and O–H groups in total. The second-order valence-electron chi connectivity index (χ2n) is 6.37. The molecule has 1 heterocycles. The van der Waals surface area contributed by atoms with E-state index >= 15 is 0 Å². The Kier molecular flexibility index (Phi) is 5.30. The highest BCUT2D eigenvalue weighted by molar-refractivity contribution is 5.95. The number of carbonyl (C=O) groups excluding carboxylic acids is 1. The molecule has 0 aliphatic heterocycles. The number of nitro groups is 1. The van der Waals surface area contributed by atoms with E-state index in [9.17, 15) is 14.9 Å². The van der Waals surface area contributed by atoms with Crippen molar-refractivity contribution in [2.75, 3.05) is 5.32 Å². The molecule has 0 saturated carbocycles. The van der Waals surface area contributed by atoms with Crippen molar-refractivity contribution in [3.8, 4) is 0 Å². The minimum atomic E-state index is -0.486. The van der Waals surface area contributed by atoms with E-state index in [1.54, 1.807) is 18.3 Å². The summed E-state index contributed by atoms with van der Waals surface area (Å²) < 4.78 is 1.83. The summed E-state index contributed by atoms with van der Waals surface area (Å²) >= 11 is 0. The van der Waals surface area contributed by atoms with Crippen LogP contribution in [0, 0.1) is 10.1 Å². The first-order valence-electron chi connectivity index (χ1n) is 8.56. The lowest BCUT2D eigenvalue weighted by molar-refractivity contribution is -0.384. The summed E-state index contributed by atoms with van der Waals surface area (Å²) in [4.78, 5) is 22.3. The Balaban J connectivity index is 1.77. The number of hydrogen-bond acceptors (Lipinski definition) is 5. The molecule has 0 saturated heterocycles. The number of benzene rings is 2. The molecule has 0 radical (unpaired) electrons. The second kappa shape index (κ2) is 7.82. The van der Waals surface area contributed by atoms with Gasteiger partial charge in [-0.3, -0.25) is 19.6 Å². The molecule has 3 aromatic rings. The van der Waals surface area contributed by atoms with Gasteiger partial charge in [-0.1, -0.05) is 30.3 Å². The SMILES string of the molecule is CC(=O)c1ccc(NC(C)c2cnn(Cc3ccccc3)c2)c([N+](=O)[O-])c1. The average Bonchev–Trinajstić information content (AvgIpc) is 3.11. The average molecular weight is 364 g/mol. The summed E-state index contributed by atoms with van der Waals surface area (Å²) in [6, 6.07) is 14.3. The molecule has 1 unspecified atom stereocenters. The van der Waals surface area contributed by atoms with Gasteiger partial charge in [-0.25, -0.2) is 0 Å². The molecule has 0 bridgehead atoms. The van der Waals surface area contributed by atoms with E-state index in [4.69, 9.17) is 0 Å². The summed E-state index contributed by atoms with van der Waals surface area (Å²) in [6.45, 7) is 3.95. The van der Waals surface area contributed by atoms with Gasteiger partial charge in [0, 0.05) is 23.4 Å².